The lowest BCUT2D eigenvalue weighted by Crippen LogP contribution is -2.06. The zero-order chi connectivity index (χ0) is 16.8. The minimum atomic E-state index is -0.301. The van der Waals surface area contributed by atoms with E-state index in [2.05, 4.69) is 25.3 Å². The van der Waals surface area contributed by atoms with Crippen LogP contribution in [0.1, 0.15) is 12.5 Å². The molecule has 2 rings (SSSR count). The Morgan fingerprint density at radius 3 is 2.35 bits per heavy atom. The molecule has 9 nitrogen and oxygen atoms in total. The molecule has 1 aromatic heterocycles. The first-order chi connectivity index (χ1) is 11.1. The second-order valence-corrected chi connectivity index (χ2v) is 4.33. The van der Waals surface area contributed by atoms with Crippen LogP contribution in [0.15, 0.2) is 21.8 Å². The van der Waals surface area contributed by atoms with Gasteiger partial charge in [-0.2, -0.15) is 0 Å². The van der Waals surface area contributed by atoms with Crippen LogP contribution in [0.3, 0.4) is 0 Å². The van der Waals surface area contributed by atoms with Crippen LogP contribution in [0, 0.1) is 0 Å². The highest BCUT2D eigenvalue weighted by Gasteiger charge is 2.13. The zero-order valence-electron chi connectivity index (χ0n) is 13.1. The molecule has 0 spiro atoms. The third kappa shape index (κ3) is 3.76. The Kier molecular flexibility index (Phi) is 5.13. The van der Waals surface area contributed by atoms with Gasteiger partial charge in [0.1, 0.15) is 0 Å². The second kappa shape index (κ2) is 7.25. The predicted molar refractivity (Wildman–Crippen MR) is 82.0 cm³/mol. The summed E-state index contributed by atoms with van der Waals surface area (Å²) in [6.07, 6.45) is 1.51. The number of amides is 1. The van der Waals surface area contributed by atoms with Gasteiger partial charge in [-0.3, -0.25) is 4.79 Å². The summed E-state index contributed by atoms with van der Waals surface area (Å²) >= 11 is 0. The molecular weight excluding hydrogens is 304 g/mol. The molecule has 0 radical (unpaired) electrons. The van der Waals surface area contributed by atoms with Gasteiger partial charge in [0, 0.05) is 18.7 Å². The van der Waals surface area contributed by atoms with E-state index < -0.39 is 0 Å². The minimum Gasteiger partial charge on any atom is -0.493 e. The van der Waals surface area contributed by atoms with Crippen molar-refractivity contribution >= 4 is 23.8 Å². The minimum absolute atomic E-state index is 0.140. The van der Waals surface area contributed by atoms with Gasteiger partial charge in [0.05, 0.1) is 21.3 Å². The first-order valence-corrected chi connectivity index (χ1v) is 6.53. The van der Waals surface area contributed by atoms with E-state index in [1.807, 2.05) is 0 Å². The average molecular weight is 320 g/mol. The maximum atomic E-state index is 11.1. The lowest BCUT2D eigenvalue weighted by molar-refractivity contribution is -0.114. The number of hydrogen-bond acceptors (Lipinski definition) is 8. The van der Waals surface area contributed by atoms with E-state index in [0.29, 0.717) is 22.8 Å². The summed E-state index contributed by atoms with van der Waals surface area (Å²) in [5, 5.41) is 9.64. The fraction of sp³-hybridized carbons (Fsp3) is 0.286. The summed E-state index contributed by atoms with van der Waals surface area (Å²) in [5.74, 6) is 1.46. The van der Waals surface area contributed by atoms with E-state index in [-0.39, 0.29) is 17.5 Å². The van der Waals surface area contributed by atoms with Crippen LogP contribution in [0.2, 0.25) is 0 Å². The summed E-state index contributed by atoms with van der Waals surface area (Å²) in [7, 11) is 4.57. The number of nitrogens with zero attached hydrogens (tertiary/aromatic N) is 3. The Morgan fingerprint density at radius 2 is 1.83 bits per heavy atom. The number of rotatable bonds is 6. The molecule has 0 atom stereocenters. The zero-order valence-corrected chi connectivity index (χ0v) is 13.1. The Balaban J connectivity index is 2.33. The lowest BCUT2D eigenvalue weighted by Gasteiger charge is -2.12. The molecule has 0 aliphatic rings. The number of carbonyl (C=O) groups excluding carboxylic acids is 1. The van der Waals surface area contributed by atoms with Gasteiger partial charge in [0.25, 0.3) is 0 Å². The molecule has 1 N–H and O–H groups in total. The number of ether oxygens (including phenoxy) is 3. The second-order valence-electron chi connectivity index (χ2n) is 4.33. The van der Waals surface area contributed by atoms with E-state index in [4.69, 9.17) is 14.2 Å². The quantitative estimate of drug-likeness (QED) is 0.808. The fourth-order valence-corrected chi connectivity index (χ4v) is 1.83. The fourth-order valence-electron chi connectivity index (χ4n) is 1.83. The van der Waals surface area contributed by atoms with Crippen LogP contribution in [0.25, 0.3) is 0 Å². The molecule has 1 amide bonds. The number of aromatic nitrogens is 2. The third-order valence-electron chi connectivity index (χ3n) is 2.79. The first kappa shape index (κ1) is 16.3. The highest BCUT2D eigenvalue weighted by molar-refractivity contribution is 5.91. The standard InChI is InChI=1S/C14H16N4O5/c1-8(19)16-14-13(17-23-18-14)15-7-9-5-10(20-2)12(22-4)11(6-9)21-3/h5-7H,1-4H3,(H,16,18,19). The number of hydrogen-bond donors (Lipinski definition) is 1. The van der Waals surface area contributed by atoms with Gasteiger partial charge in [-0.15, -0.1) is 0 Å². The Hall–Kier alpha value is -3.10. The molecule has 122 valence electrons. The number of nitrogens with one attached hydrogen (secondary N) is 1. The summed E-state index contributed by atoms with van der Waals surface area (Å²) in [4.78, 5) is 15.2. The molecule has 1 aromatic carbocycles. The Bertz CT molecular complexity index is 701. The molecule has 9 heteroatoms. The highest BCUT2D eigenvalue weighted by atomic mass is 16.6. The van der Waals surface area contributed by atoms with Gasteiger partial charge in [-0.25, -0.2) is 9.62 Å². The molecule has 23 heavy (non-hydrogen) atoms. The van der Waals surface area contributed by atoms with Crippen molar-refractivity contribution < 1.29 is 23.6 Å². The molecule has 0 saturated carbocycles. The van der Waals surface area contributed by atoms with Gasteiger partial charge in [0.2, 0.25) is 23.3 Å². The topological polar surface area (TPSA) is 108 Å². The average Bonchev–Trinajstić information content (AvgIpc) is 2.98. The Labute approximate surface area is 132 Å². The van der Waals surface area contributed by atoms with Crippen molar-refractivity contribution in [3.63, 3.8) is 0 Å². The van der Waals surface area contributed by atoms with Crippen LogP contribution in [-0.4, -0.2) is 43.8 Å². The molecule has 1 heterocycles. The number of aliphatic imine (C=N–C) groups is 1. The summed E-state index contributed by atoms with van der Waals surface area (Å²) < 4.78 is 20.3. The molecule has 0 unspecified atom stereocenters. The molecule has 0 aliphatic carbocycles. The molecule has 2 aromatic rings. The van der Waals surface area contributed by atoms with Gasteiger partial charge in [-0.1, -0.05) is 0 Å². The van der Waals surface area contributed by atoms with Crippen molar-refractivity contribution in [2.24, 2.45) is 4.99 Å². The molecule has 0 bridgehead atoms. The van der Waals surface area contributed by atoms with Crippen molar-refractivity contribution in [2.45, 2.75) is 6.92 Å². The number of benzene rings is 1. The predicted octanol–water partition coefficient (Wildman–Crippen LogP) is 1.80. The van der Waals surface area contributed by atoms with Crippen LogP contribution in [-0.2, 0) is 4.79 Å². The van der Waals surface area contributed by atoms with Crippen LogP contribution in [0.5, 0.6) is 17.2 Å². The van der Waals surface area contributed by atoms with Crippen molar-refractivity contribution in [3.8, 4) is 17.2 Å². The van der Waals surface area contributed by atoms with Crippen molar-refractivity contribution in [3.05, 3.63) is 17.7 Å². The number of anilines is 1. The van der Waals surface area contributed by atoms with Crippen molar-refractivity contribution in [1.82, 2.24) is 10.3 Å². The number of carbonyl (C=O) groups is 1. The van der Waals surface area contributed by atoms with Gasteiger partial charge in [0.15, 0.2) is 11.5 Å². The van der Waals surface area contributed by atoms with E-state index in [0.717, 1.165) is 0 Å². The van der Waals surface area contributed by atoms with Crippen molar-refractivity contribution in [2.75, 3.05) is 26.6 Å². The van der Waals surface area contributed by atoms with Gasteiger partial charge >= 0.3 is 0 Å². The molecular formula is C14H16N4O5. The third-order valence-corrected chi connectivity index (χ3v) is 2.79. The van der Waals surface area contributed by atoms with Gasteiger partial charge in [-0.05, 0) is 22.4 Å². The van der Waals surface area contributed by atoms with Crippen LogP contribution in [0.4, 0.5) is 11.6 Å². The normalized spacial score (nSPS) is 10.6. The van der Waals surface area contributed by atoms with E-state index in [1.165, 1.54) is 34.5 Å². The molecule has 0 saturated heterocycles. The maximum absolute atomic E-state index is 11.1. The van der Waals surface area contributed by atoms with Crippen LogP contribution >= 0.6 is 0 Å². The Morgan fingerprint density at radius 1 is 1.17 bits per heavy atom. The van der Waals surface area contributed by atoms with E-state index in [1.54, 1.807) is 12.1 Å². The monoisotopic (exact) mass is 320 g/mol. The SMILES string of the molecule is COc1cc(C=Nc2nonc2NC(C)=O)cc(OC)c1OC. The smallest absolute Gasteiger partial charge is 0.241 e. The van der Waals surface area contributed by atoms with Crippen molar-refractivity contribution in [1.29, 1.82) is 0 Å². The van der Waals surface area contributed by atoms with E-state index >= 15 is 0 Å². The first-order valence-electron chi connectivity index (χ1n) is 6.53. The summed E-state index contributed by atoms with van der Waals surface area (Å²) in [5.41, 5.74) is 0.677. The lowest BCUT2D eigenvalue weighted by atomic mass is 10.2. The summed E-state index contributed by atoms with van der Waals surface area (Å²) in [6.45, 7) is 1.35. The van der Waals surface area contributed by atoms with Gasteiger partial charge < -0.3 is 19.5 Å². The summed E-state index contributed by atoms with van der Waals surface area (Å²) in [6, 6.07) is 3.44. The molecule has 0 fully saturated rings. The highest BCUT2D eigenvalue weighted by Crippen LogP contribution is 2.37. The molecule has 0 aliphatic heterocycles. The largest absolute Gasteiger partial charge is 0.493 e. The number of methoxy groups -OCH3 is 3. The van der Waals surface area contributed by atoms with Crippen LogP contribution < -0.4 is 19.5 Å². The maximum Gasteiger partial charge on any atom is 0.241 e. The van der Waals surface area contributed by atoms with E-state index in [9.17, 15) is 4.79 Å².